The van der Waals surface area contributed by atoms with Crippen molar-refractivity contribution in [1.29, 1.82) is 0 Å². The van der Waals surface area contributed by atoms with Crippen molar-refractivity contribution in [2.45, 2.75) is 19.2 Å². The number of nitrogens with one attached hydrogen (secondary N) is 2. The van der Waals surface area contributed by atoms with E-state index in [-0.39, 0.29) is 23.1 Å². The number of hydrogen-bond acceptors (Lipinski definition) is 5. The van der Waals surface area contributed by atoms with Crippen molar-refractivity contribution in [3.05, 3.63) is 89.5 Å². The second-order valence-electron chi connectivity index (χ2n) is 8.20. The van der Waals surface area contributed by atoms with Gasteiger partial charge in [-0.25, -0.2) is 9.07 Å². The summed E-state index contributed by atoms with van der Waals surface area (Å²) in [5.74, 6) is -2.30. The van der Waals surface area contributed by atoms with Gasteiger partial charge >= 0.3 is 6.18 Å². The number of benzene rings is 2. The van der Waals surface area contributed by atoms with Gasteiger partial charge in [-0.15, -0.1) is 0 Å². The summed E-state index contributed by atoms with van der Waals surface area (Å²) in [6, 6.07) is 12.7. The number of aromatic amines is 1. The van der Waals surface area contributed by atoms with E-state index < -0.39 is 40.7 Å². The predicted octanol–water partition coefficient (Wildman–Crippen LogP) is 5.27. The maximum atomic E-state index is 14.9. The molecule has 37 heavy (non-hydrogen) atoms. The summed E-state index contributed by atoms with van der Waals surface area (Å²) in [6.45, 7) is 1.56. The highest BCUT2D eigenvalue weighted by Crippen LogP contribution is 2.38. The number of aliphatic hydroxyl groups is 1. The van der Waals surface area contributed by atoms with Crippen LogP contribution in [0.25, 0.3) is 28.0 Å². The highest BCUT2D eigenvalue weighted by molar-refractivity contribution is 6.08. The SMILES string of the molecule is CC(O)c1cnc2c(NC(=O)c3cc(-c4cc[nH]n4)c(C(F)(F)F)cc3F)n(-c3ccccc3)nc2c1. The van der Waals surface area contributed by atoms with Crippen molar-refractivity contribution in [1.82, 2.24) is 25.0 Å². The Hall–Kier alpha value is -4.58. The molecule has 3 N–H and O–H groups in total. The topological polar surface area (TPSA) is 109 Å². The number of carbonyl (C=O) groups excluding carboxylic acids is 1. The molecule has 1 atom stereocenters. The van der Waals surface area contributed by atoms with Crippen LogP contribution in [0.15, 0.2) is 67.0 Å². The first kappa shape index (κ1) is 24.1. The van der Waals surface area contributed by atoms with Crippen LogP contribution in [-0.2, 0) is 6.18 Å². The normalized spacial score (nSPS) is 12.6. The first-order valence-corrected chi connectivity index (χ1v) is 11.0. The third-order valence-electron chi connectivity index (χ3n) is 5.68. The minimum Gasteiger partial charge on any atom is -0.389 e. The molecular formula is C25H18F4N6O2. The molecule has 0 bridgehead atoms. The Kier molecular flexibility index (Phi) is 5.96. The lowest BCUT2D eigenvalue weighted by Gasteiger charge is -2.15. The van der Waals surface area contributed by atoms with Gasteiger partial charge in [-0.1, -0.05) is 18.2 Å². The molecule has 0 aliphatic rings. The maximum absolute atomic E-state index is 14.9. The number of nitrogens with zero attached hydrogens (tertiary/aromatic N) is 4. The molecular weight excluding hydrogens is 492 g/mol. The number of rotatable bonds is 5. The van der Waals surface area contributed by atoms with Gasteiger partial charge in [-0.2, -0.15) is 23.4 Å². The summed E-state index contributed by atoms with van der Waals surface area (Å²) >= 11 is 0. The Balaban J connectivity index is 1.63. The van der Waals surface area contributed by atoms with Gasteiger partial charge in [0.25, 0.3) is 5.91 Å². The summed E-state index contributed by atoms with van der Waals surface area (Å²) in [7, 11) is 0. The zero-order valence-electron chi connectivity index (χ0n) is 19.1. The van der Waals surface area contributed by atoms with E-state index >= 15 is 0 Å². The zero-order valence-corrected chi connectivity index (χ0v) is 19.1. The van der Waals surface area contributed by atoms with Crippen molar-refractivity contribution in [2.24, 2.45) is 0 Å². The molecule has 0 aliphatic heterocycles. The Bertz CT molecular complexity index is 1600. The second kappa shape index (κ2) is 9.13. The number of pyridine rings is 1. The van der Waals surface area contributed by atoms with Crippen molar-refractivity contribution in [2.75, 3.05) is 5.32 Å². The standard InChI is InChI=1S/C25H18F4N6O2/c1-13(36)14-9-21-22(30-12-14)23(35(34-21)15-5-3-2-4-6-15)32-24(37)17-10-16(20-7-8-31-33-20)18(11-19(17)26)25(27,28)29/h2-13,36H,1H3,(H,31,33)(H,32,37). The third-order valence-corrected chi connectivity index (χ3v) is 5.68. The van der Waals surface area contributed by atoms with Gasteiger partial charge in [0.1, 0.15) is 16.9 Å². The fourth-order valence-electron chi connectivity index (χ4n) is 3.86. The molecule has 0 fully saturated rings. The van der Waals surface area contributed by atoms with Gasteiger partial charge in [-0.3, -0.25) is 14.9 Å². The molecule has 0 saturated carbocycles. The maximum Gasteiger partial charge on any atom is 0.417 e. The van der Waals surface area contributed by atoms with Crippen molar-refractivity contribution < 1.29 is 27.5 Å². The fourth-order valence-corrected chi connectivity index (χ4v) is 3.86. The number of alkyl halides is 3. The van der Waals surface area contributed by atoms with Gasteiger partial charge in [0, 0.05) is 23.5 Å². The molecule has 188 valence electrons. The van der Waals surface area contributed by atoms with E-state index in [2.05, 4.69) is 25.6 Å². The molecule has 1 amide bonds. The smallest absolute Gasteiger partial charge is 0.389 e. The Morgan fingerprint density at radius 3 is 2.54 bits per heavy atom. The van der Waals surface area contributed by atoms with Gasteiger partial charge in [0.2, 0.25) is 0 Å². The number of carbonyl (C=O) groups is 1. The molecule has 0 spiro atoms. The van der Waals surface area contributed by atoms with Gasteiger partial charge in [-0.05, 0) is 43.3 Å². The van der Waals surface area contributed by atoms with Gasteiger partial charge < -0.3 is 10.4 Å². The van der Waals surface area contributed by atoms with E-state index in [0.29, 0.717) is 16.8 Å². The molecule has 0 radical (unpaired) electrons. The molecule has 0 saturated heterocycles. The minimum atomic E-state index is -4.88. The summed E-state index contributed by atoms with van der Waals surface area (Å²) in [4.78, 5) is 17.6. The van der Waals surface area contributed by atoms with Crippen molar-refractivity contribution >= 4 is 22.8 Å². The number of H-pyrrole nitrogens is 1. The van der Waals surface area contributed by atoms with Gasteiger partial charge in [0.15, 0.2) is 5.82 Å². The Labute approximate surface area is 206 Å². The largest absolute Gasteiger partial charge is 0.417 e. The Morgan fingerprint density at radius 1 is 1.14 bits per heavy atom. The molecule has 5 aromatic rings. The predicted molar refractivity (Wildman–Crippen MR) is 126 cm³/mol. The van der Waals surface area contributed by atoms with E-state index in [1.807, 2.05) is 0 Å². The molecule has 8 nitrogen and oxygen atoms in total. The molecule has 3 heterocycles. The lowest BCUT2D eigenvalue weighted by atomic mass is 9.99. The van der Waals surface area contributed by atoms with Crippen LogP contribution in [0.1, 0.15) is 34.5 Å². The molecule has 2 aromatic carbocycles. The van der Waals surface area contributed by atoms with Crippen LogP contribution in [0, 0.1) is 5.82 Å². The highest BCUT2D eigenvalue weighted by atomic mass is 19.4. The number of halogens is 4. The Morgan fingerprint density at radius 2 is 1.89 bits per heavy atom. The fraction of sp³-hybridized carbons (Fsp3) is 0.120. The first-order chi connectivity index (χ1) is 17.6. The quantitative estimate of drug-likeness (QED) is 0.279. The molecule has 0 aliphatic carbocycles. The summed E-state index contributed by atoms with van der Waals surface area (Å²) in [5, 5.41) is 23.1. The zero-order chi connectivity index (χ0) is 26.3. The van der Waals surface area contributed by atoms with Crippen LogP contribution in [0.4, 0.5) is 23.4 Å². The van der Waals surface area contributed by atoms with Crippen LogP contribution < -0.4 is 5.32 Å². The number of para-hydroxylation sites is 1. The number of amides is 1. The van der Waals surface area contributed by atoms with E-state index in [1.54, 1.807) is 43.3 Å². The van der Waals surface area contributed by atoms with E-state index in [9.17, 15) is 27.5 Å². The second-order valence-corrected chi connectivity index (χ2v) is 8.20. The van der Waals surface area contributed by atoms with Crippen LogP contribution in [0.2, 0.25) is 0 Å². The molecule has 3 aromatic heterocycles. The lowest BCUT2D eigenvalue weighted by Crippen LogP contribution is -2.18. The number of aromatic nitrogens is 5. The van der Waals surface area contributed by atoms with E-state index in [0.717, 1.165) is 6.07 Å². The minimum absolute atomic E-state index is 0.0731. The van der Waals surface area contributed by atoms with Crippen LogP contribution in [-0.4, -0.2) is 36.0 Å². The monoisotopic (exact) mass is 510 g/mol. The van der Waals surface area contributed by atoms with Crippen LogP contribution >= 0.6 is 0 Å². The van der Waals surface area contributed by atoms with Crippen molar-refractivity contribution in [3.63, 3.8) is 0 Å². The lowest BCUT2D eigenvalue weighted by molar-refractivity contribution is -0.137. The number of fused-ring (bicyclic) bond motifs is 1. The van der Waals surface area contributed by atoms with Crippen molar-refractivity contribution in [3.8, 4) is 16.9 Å². The molecule has 5 rings (SSSR count). The average molecular weight is 510 g/mol. The number of hydrogen-bond donors (Lipinski definition) is 3. The summed E-state index contributed by atoms with van der Waals surface area (Å²) in [5.41, 5.74) is -0.847. The first-order valence-electron chi connectivity index (χ1n) is 11.0. The average Bonchev–Trinajstić information content (AvgIpc) is 3.52. The van der Waals surface area contributed by atoms with Crippen LogP contribution in [0.3, 0.4) is 0 Å². The summed E-state index contributed by atoms with van der Waals surface area (Å²) in [6.07, 6.45) is -2.97. The van der Waals surface area contributed by atoms with E-state index in [4.69, 9.17) is 0 Å². The highest BCUT2D eigenvalue weighted by Gasteiger charge is 2.36. The summed E-state index contributed by atoms with van der Waals surface area (Å²) < 4.78 is 57.1. The van der Waals surface area contributed by atoms with Gasteiger partial charge in [0.05, 0.1) is 28.6 Å². The molecule has 1 unspecified atom stereocenters. The van der Waals surface area contributed by atoms with E-state index in [1.165, 1.54) is 23.1 Å². The third kappa shape index (κ3) is 4.54. The molecule has 12 heteroatoms. The number of anilines is 1. The van der Waals surface area contributed by atoms with Crippen LogP contribution in [0.5, 0.6) is 0 Å². The number of aliphatic hydroxyl groups excluding tert-OH is 1.